The minimum Gasteiger partial charge on any atom is -0.426 e. The summed E-state index contributed by atoms with van der Waals surface area (Å²) >= 11 is 0. The Hall–Kier alpha value is -3.93. The molecule has 156 valence electrons. The molecule has 0 aliphatic carbocycles. The molecule has 0 bridgehead atoms. The van der Waals surface area contributed by atoms with Gasteiger partial charge in [0, 0.05) is 31.3 Å². The number of ether oxygens (including phenoxy) is 1. The summed E-state index contributed by atoms with van der Waals surface area (Å²) in [7, 11) is 0. The number of carbonyl (C=O) groups excluding carboxylic acids is 3. The number of benzene rings is 3. The molecule has 2 amide bonds. The summed E-state index contributed by atoms with van der Waals surface area (Å²) in [5.74, 6) is -0.650. The number of hydrogen-bond donors (Lipinski definition) is 1. The minimum atomic E-state index is -0.489. The van der Waals surface area contributed by atoms with Crippen LogP contribution in [0.15, 0.2) is 72.8 Å². The number of fused-ring (bicyclic) bond motifs is 1. The molecule has 0 atom stereocenters. The first-order chi connectivity index (χ1) is 15.0. The highest BCUT2D eigenvalue weighted by molar-refractivity contribution is 6.06. The van der Waals surface area contributed by atoms with Gasteiger partial charge in [-0.05, 0) is 53.9 Å². The third-order valence-corrected chi connectivity index (χ3v) is 5.17. The smallest absolute Gasteiger partial charge is 0.308 e. The van der Waals surface area contributed by atoms with Crippen molar-refractivity contribution in [1.82, 2.24) is 4.90 Å². The van der Waals surface area contributed by atoms with Crippen molar-refractivity contribution < 1.29 is 19.1 Å². The predicted molar refractivity (Wildman–Crippen MR) is 117 cm³/mol. The average Bonchev–Trinajstić information content (AvgIpc) is 2.78. The Morgan fingerprint density at radius 3 is 2.42 bits per heavy atom. The zero-order valence-electron chi connectivity index (χ0n) is 17.1. The second-order valence-electron chi connectivity index (χ2n) is 7.37. The molecule has 1 N–H and O–H groups in total. The van der Waals surface area contributed by atoms with E-state index in [-0.39, 0.29) is 23.1 Å². The van der Waals surface area contributed by atoms with Crippen LogP contribution in [0.3, 0.4) is 0 Å². The van der Waals surface area contributed by atoms with E-state index in [4.69, 9.17) is 4.74 Å². The summed E-state index contributed by atoms with van der Waals surface area (Å²) in [6.45, 7) is 2.43. The van der Waals surface area contributed by atoms with Crippen molar-refractivity contribution in [3.63, 3.8) is 0 Å². The highest BCUT2D eigenvalue weighted by atomic mass is 16.5. The summed E-state index contributed by atoms with van der Waals surface area (Å²) < 4.78 is 5.13. The Bertz CT molecular complexity index is 1140. The Labute approximate surface area is 180 Å². The molecular weight excluding hydrogens is 392 g/mol. The second-order valence-corrected chi connectivity index (χ2v) is 7.37. The van der Waals surface area contributed by atoms with E-state index in [0.29, 0.717) is 24.3 Å². The first-order valence-electron chi connectivity index (χ1n) is 10.1. The van der Waals surface area contributed by atoms with E-state index in [1.807, 2.05) is 53.4 Å². The molecule has 1 aliphatic heterocycles. The van der Waals surface area contributed by atoms with E-state index in [1.54, 1.807) is 24.3 Å². The van der Waals surface area contributed by atoms with Gasteiger partial charge in [-0.2, -0.15) is 0 Å². The number of nitrogens with one attached hydrogen (secondary N) is 1. The van der Waals surface area contributed by atoms with Crippen molar-refractivity contribution in [3.05, 3.63) is 95.1 Å². The van der Waals surface area contributed by atoms with E-state index < -0.39 is 5.97 Å². The topological polar surface area (TPSA) is 75.7 Å². The van der Waals surface area contributed by atoms with Crippen molar-refractivity contribution >= 4 is 23.5 Å². The van der Waals surface area contributed by atoms with Gasteiger partial charge in [0.15, 0.2) is 0 Å². The van der Waals surface area contributed by atoms with Gasteiger partial charge < -0.3 is 15.0 Å². The normalized spacial score (nSPS) is 12.6. The molecule has 0 saturated heterocycles. The molecule has 4 rings (SSSR count). The first-order valence-corrected chi connectivity index (χ1v) is 10.1. The van der Waals surface area contributed by atoms with E-state index >= 15 is 0 Å². The van der Waals surface area contributed by atoms with Gasteiger partial charge in [-0.25, -0.2) is 0 Å². The van der Waals surface area contributed by atoms with Crippen LogP contribution in [-0.4, -0.2) is 29.2 Å². The predicted octanol–water partition coefficient (Wildman–Crippen LogP) is 4.06. The van der Waals surface area contributed by atoms with Crippen LogP contribution in [0, 0.1) is 0 Å². The molecule has 3 aromatic carbocycles. The maximum absolute atomic E-state index is 12.8. The molecule has 0 saturated carbocycles. The van der Waals surface area contributed by atoms with Crippen molar-refractivity contribution in [1.29, 1.82) is 0 Å². The molecule has 1 aliphatic rings. The Morgan fingerprint density at radius 2 is 1.65 bits per heavy atom. The molecule has 0 aromatic heterocycles. The maximum atomic E-state index is 12.8. The molecule has 0 radical (unpaired) electrons. The number of amides is 2. The lowest BCUT2D eigenvalue weighted by Crippen LogP contribution is -2.36. The van der Waals surface area contributed by atoms with Gasteiger partial charge in [0.2, 0.25) is 0 Å². The SMILES string of the molecule is CC(=O)Oc1ccccc1C(=O)Nc1ccc2c(c1)CN(C(=O)c1ccccc1)CC2. The largest absolute Gasteiger partial charge is 0.426 e. The maximum Gasteiger partial charge on any atom is 0.308 e. The third kappa shape index (κ3) is 4.64. The lowest BCUT2D eigenvalue weighted by Gasteiger charge is -2.29. The Kier molecular flexibility index (Phi) is 5.80. The fourth-order valence-corrected chi connectivity index (χ4v) is 3.67. The zero-order valence-corrected chi connectivity index (χ0v) is 17.1. The zero-order chi connectivity index (χ0) is 21.8. The van der Waals surface area contributed by atoms with E-state index in [2.05, 4.69) is 5.32 Å². The average molecular weight is 414 g/mol. The highest BCUT2D eigenvalue weighted by Gasteiger charge is 2.22. The van der Waals surface area contributed by atoms with E-state index in [0.717, 1.165) is 17.5 Å². The van der Waals surface area contributed by atoms with E-state index in [1.165, 1.54) is 6.92 Å². The van der Waals surface area contributed by atoms with Crippen LogP contribution in [-0.2, 0) is 17.8 Å². The van der Waals surface area contributed by atoms with Crippen molar-refractivity contribution in [2.75, 3.05) is 11.9 Å². The van der Waals surface area contributed by atoms with Crippen LogP contribution >= 0.6 is 0 Å². The molecule has 3 aromatic rings. The minimum absolute atomic E-state index is 0.00371. The monoisotopic (exact) mass is 414 g/mol. The quantitative estimate of drug-likeness (QED) is 0.516. The summed E-state index contributed by atoms with van der Waals surface area (Å²) in [4.78, 5) is 38.7. The van der Waals surface area contributed by atoms with Crippen molar-refractivity contribution in [3.8, 4) is 5.75 Å². The fraction of sp³-hybridized carbons (Fsp3) is 0.160. The van der Waals surface area contributed by atoms with Gasteiger partial charge in [0.05, 0.1) is 5.56 Å². The van der Waals surface area contributed by atoms with Gasteiger partial charge in [0.1, 0.15) is 5.75 Å². The fourth-order valence-electron chi connectivity index (χ4n) is 3.67. The first kappa shape index (κ1) is 20.3. The van der Waals surface area contributed by atoms with Gasteiger partial charge >= 0.3 is 5.97 Å². The number of hydrogen-bond acceptors (Lipinski definition) is 4. The molecule has 6 nitrogen and oxygen atoms in total. The van der Waals surface area contributed by atoms with Gasteiger partial charge in [-0.15, -0.1) is 0 Å². The summed E-state index contributed by atoms with van der Waals surface area (Å²) in [6.07, 6.45) is 0.761. The highest BCUT2D eigenvalue weighted by Crippen LogP contribution is 2.25. The number of esters is 1. The molecule has 0 unspecified atom stereocenters. The van der Waals surface area contributed by atoms with Crippen LogP contribution < -0.4 is 10.1 Å². The van der Waals surface area contributed by atoms with Crippen LogP contribution in [0.2, 0.25) is 0 Å². The number of carbonyl (C=O) groups is 3. The Morgan fingerprint density at radius 1 is 0.903 bits per heavy atom. The molecule has 6 heteroatoms. The van der Waals surface area contributed by atoms with Crippen LogP contribution in [0.4, 0.5) is 5.69 Å². The summed E-state index contributed by atoms with van der Waals surface area (Å²) in [5, 5.41) is 2.86. The number of nitrogens with zero attached hydrogens (tertiary/aromatic N) is 1. The molecule has 0 fully saturated rings. The summed E-state index contributed by atoms with van der Waals surface area (Å²) in [5.41, 5.74) is 3.72. The lowest BCUT2D eigenvalue weighted by atomic mass is 9.98. The van der Waals surface area contributed by atoms with Gasteiger partial charge in [-0.3, -0.25) is 14.4 Å². The Balaban J connectivity index is 1.51. The molecule has 1 heterocycles. The standard InChI is InChI=1S/C25H22N2O4/c1-17(28)31-23-10-6-5-9-22(23)24(29)26-21-12-11-18-13-14-27(16-20(18)15-21)25(30)19-7-3-2-4-8-19/h2-12,15H,13-14,16H2,1H3,(H,26,29). The number of para-hydroxylation sites is 1. The van der Waals surface area contributed by atoms with Gasteiger partial charge in [0.25, 0.3) is 11.8 Å². The van der Waals surface area contributed by atoms with E-state index in [9.17, 15) is 14.4 Å². The van der Waals surface area contributed by atoms with Crippen LogP contribution in [0.25, 0.3) is 0 Å². The van der Waals surface area contributed by atoms with Crippen LogP contribution in [0.1, 0.15) is 38.8 Å². The van der Waals surface area contributed by atoms with Crippen LogP contribution in [0.5, 0.6) is 5.75 Å². The molecule has 0 spiro atoms. The summed E-state index contributed by atoms with van der Waals surface area (Å²) in [6, 6.07) is 21.5. The van der Waals surface area contributed by atoms with Crippen molar-refractivity contribution in [2.24, 2.45) is 0 Å². The number of anilines is 1. The molecular formula is C25H22N2O4. The molecule has 31 heavy (non-hydrogen) atoms. The third-order valence-electron chi connectivity index (χ3n) is 5.17. The lowest BCUT2D eigenvalue weighted by molar-refractivity contribution is -0.131. The second kappa shape index (κ2) is 8.83. The van der Waals surface area contributed by atoms with Crippen molar-refractivity contribution in [2.45, 2.75) is 19.9 Å². The van der Waals surface area contributed by atoms with Gasteiger partial charge in [-0.1, -0.05) is 36.4 Å². The number of rotatable bonds is 4.